The van der Waals surface area contributed by atoms with Gasteiger partial charge in [0.1, 0.15) is 5.15 Å². The zero-order valence-electron chi connectivity index (χ0n) is 10.3. The van der Waals surface area contributed by atoms with E-state index in [9.17, 15) is 0 Å². The summed E-state index contributed by atoms with van der Waals surface area (Å²) in [7, 11) is 0. The second kappa shape index (κ2) is 5.65. The molecule has 17 heavy (non-hydrogen) atoms. The summed E-state index contributed by atoms with van der Waals surface area (Å²) in [6.07, 6.45) is 7.24. The lowest BCUT2D eigenvalue weighted by Gasteiger charge is -2.24. The Bertz CT molecular complexity index is 403. The molecular formula is C14H19ClN2. The average Bonchev–Trinajstić information content (AvgIpc) is 2.78. The van der Waals surface area contributed by atoms with Gasteiger partial charge in [-0.05, 0) is 37.4 Å². The van der Waals surface area contributed by atoms with Crippen LogP contribution in [-0.4, -0.2) is 23.0 Å². The largest absolute Gasteiger partial charge is 0.293 e. The first-order chi connectivity index (χ1) is 8.26. The van der Waals surface area contributed by atoms with Gasteiger partial charge in [0.25, 0.3) is 0 Å². The summed E-state index contributed by atoms with van der Waals surface area (Å²) in [6, 6.07) is 2.63. The molecule has 0 spiro atoms. The SMILES string of the molecule is C=CCN1CCC[C@H]1c1cc(CC)cnc1Cl. The fourth-order valence-electron chi connectivity index (χ4n) is 2.50. The van der Waals surface area contributed by atoms with Gasteiger partial charge in [0, 0.05) is 24.3 Å². The van der Waals surface area contributed by atoms with Crippen LogP contribution >= 0.6 is 11.6 Å². The number of rotatable bonds is 4. The van der Waals surface area contributed by atoms with E-state index in [1.54, 1.807) is 0 Å². The van der Waals surface area contributed by atoms with Crippen LogP contribution < -0.4 is 0 Å². The van der Waals surface area contributed by atoms with E-state index < -0.39 is 0 Å². The third-order valence-corrected chi connectivity index (χ3v) is 3.73. The monoisotopic (exact) mass is 250 g/mol. The molecule has 1 aliphatic rings. The smallest absolute Gasteiger partial charge is 0.133 e. The molecule has 1 fully saturated rings. The lowest BCUT2D eigenvalue weighted by Crippen LogP contribution is -2.23. The molecule has 92 valence electrons. The van der Waals surface area contributed by atoms with Crippen LogP contribution in [0.15, 0.2) is 24.9 Å². The van der Waals surface area contributed by atoms with E-state index in [1.807, 2.05) is 12.3 Å². The number of likely N-dealkylation sites (tertiary alicyclic amines) is 1. The van der Waals surface area contributed by atoms with Gasteiger partial charge in [0.2, 0.25) is 0 Å². The minimum Gasteiger partial charge on any atom is -0.293 e. The van der Waals surface area contributed by atoms with Gasteiger partial charge in [-0.2, -0.15) is 0 Å². The molecule has 0 N–H and O–H groups in total. The quantitative estimate of drug-likeness (QED) is 0.599. The summed E-state index contributed by atoms with van der Waals surface area (Å²) in [5, 5.41) is 0.656. The van der Waals surface area contributed by atoms with Crippen LogP contribution in [0.2, 0.25) is 5.15 Å². The van der Waals surface area contributed by atoms with Crippen molar-refractivity contribution in [3.05, 3.63) is 41.2 Å². The van der Waals surface area contributed by atoms with Gasteiger partial charge >= 0.3 is 0 Å². The second-order valence-corrected chi connectivity index (χ2v) is 4.88. The minimum absolute atomic E-state index is 0.416. The van der Waals surface area contributed by atoms with Crippen molar-refractivity contribution in [1.29, 1.82) is 0 Å². The Kier molecular flexibility index (Phi) is 4.19. The summed E-state index contributed by atoms with van der Waals surface area (Å²) in [5.74, 6) is 0. The standard InChI is InChI=1S/C14H19ClN2/c1-3-7-17-8-5-6-13(17)12-9-11(4-2)10-16-14(12)15/h3,9-10,13H,1,4-8H2,2H3/t13-/m0/s1. The number of aromatic nitrogens is 1. The Labute approximate surface area is 108 Å². The van der Waals surface area contributed by atoms with Crippen LogP contribution in [0.25, 0.3) is 0 Å². The molecule has 0 unspecified atom stereocenters. The zero-order valence-corrected chi connectivity index (χ0v) is 11.1. The number of nitrogens with zero attached hydrogens (tertiary/aromatic N) is 2. The number of aryl methyl sites for hydroxylation is 1. The molecule has 1 atom stereocenters. The van der Waals surface area contributed by atoms with Crippen LogP contribution in [0.1, 0.15) is 36.9 Å². The fourth-order valence-corrected chi connectivity index (χ4v) is 2.73. The molecule has 2 heterocycles. The molecule has 0 radical (unpaired) electrons. The Morgan fingerprint density at radius 2 is 2.47 bits per heavy atom. The lowest BCUT2D eigenvalue weighted by atomic mass is 10.0. The highest BCUT2D eigenvalue weighted by molar-refractivity contribution is 6.30. The van der Waals surface area contributed by atoms with E-state index in [0.29, 0.717) is 11.2 Å². The van der Waals surface area contributed by atoms with E-state index in [2.05, 4.69) is 29.5 Å². The van der Waals surface area contributed by atoms with Gasteiger partial charge < -0.3 is 0 Å². The molecular weight excluding hydrogens is 232 g/mol. The van der Waals surface area contributed by atoms with E-state index >= 15 is 0 Å². The molecule has 0 saturated carbocycles. The van der Waals surface area contributed by atoms with E-state index in [4.69, 9.17) is 11.6 Å². The van der Waals surface area contributed by atoms with Gasteiger partial charge in [-0.3, -0.25) is 4.90 Å². The summed E-state index contributed by atoms with van der Waals surface area (Å²) < 4.78 is 0. The van der Waals surface area contributed by atoms with Crippen molar-refractivity contribution >= 4 is 11.6 Å². The van der Waals surface area contributed by atoms with E-state index in [-0.39, 0.29) is 0 Å². The molecule has 3 heteroatoms. The van der Waals surface area contributed by atoms with Crippen molar-refractivity contribution in [3.63, 3.8) is 0 Å². The van der Waals surface area contributed by atoms with Gasteiger partial charge in [-0.25, -0.2) is 4.98 Å². The third kappa shape index (κ3) is 2.70. The van der Waals surface area contributed by atoms with Gasteiger partial charge in [0.05, 0.1) is 0 Å². The Balaban J connectivity index is 2.28. The molecule has 0 aromatic carbocycles. The molecule has 0 aliphatic carbocycles. The molecule has 1 saturated heterocycles. The van der Waals surface area contributed by atoms with Crippen molar-refractivity contribution in [2.45, 2.75) is 32.2 Å². The Morgan fingerprint density at radius 3 is 3.18 bits per heavy atom. The van der Waals surface area contributed by atoms with Crippen molar-refractivity contribution in [2.75, 3.05) is 13.1 Å². The number of hydrogen-bond acceptors (Lipinski definition) is 2. The fraction of sp³-hybridized carbons (Fsp3) is 0.500. The molecule has 1 aromatic rings. The highest BCUT2D eigenvalue weighted by Gasteiger charge is 2.27. The Hall–Kier alpha value is -0.860. The lowest BCUT2D eigenvalue weighted by molar-refractivity contribution is 0.285. The molecule has 1 aromatic heterocycles. The van der Waals surface area contributed by atoms with Gasteiger partial charge in [0.15, 0.2) is 0 Å². The maximum absolute atomic E-state index is 6.24. The predicted molar refractivity (Wildman–Crippen MR) is 72.4 cm³/mol. The summed E-state index contributed by atoms with van der Waals surface area (Å²) >= 11 is 6.24. The van der Waals surface area contributed by atoms with Crippen LogP contribution in [0.3, 0.4) is 0 Å². The highest BCUT2D eigenvalue weighted by atomic mass is 35.5. The molecule has 1 aliphatic heterocycles. The van der Waals surface area contributed by atoms with E-state index in [1.165, 1.54) is 24.0 Å². The average molecular weight is 251 g/mol. The highest BCUT2D eigenvalue weighted by Crippen LogP contribution is 2.35. The second-order valence-electron chi connectivity index (χ2n) is 4.52. The molecule has 2 rings (SSSR count). The maximum Gasteiger partial charge on any atom is 0.133 e. The molecule has 0 bridgehead atoms. The van der Waals surface area contributed by atoms with E-state index in [0.717, 1.165) is 19.5 Å². The van der Waals surface area contributed by atoms with Crippen molar-refractivity contribution in [2.24, 2.45) is 0 Å². The Morgan fingerprint density at radius 1 is 1.65 bits per heavy atom. The number of hydrogen-bond donors (Lipinski definition) is 0. The van der Waals surface area contributed by atoms with Crippen LogP contribution in [-0.2, 0) is 6.42 Å². The third-order valence-electron chi connectivity index (χ3n) is 3.42. The van der Waals surface area contributed by atoms with Crippen LogP contribution in [0.5, 0.6) is 0 Å². The first-order valence-corrected chi connectivity index (χ1v) is 6.63. The summed E-state index contributed by atoms with van der Waals surface area (Å²) in [4.78, 5) is 6.73. The van der Waals surface area contributed by atoms with Crippen molar-refractivity contribution in [3.8, 4) is 0 Å². The van der Waals surface area contributed by atoms with Gasteiger partial charge in [-0.15, -0.1) is 6.58 Å². The minimum atomic E-state index is 0.416. The van der Waals surface area contributed by atoms with Crippen molar-refractivity contribution < 1.29 is 0 Å². The van der Waals surface area contributed by atoms with Crippen molar-refractivity contribution in [1.82, 2.24) is 9.88 Å². The number of halogens is 1. The first-order valence-electron chi connectivity index (χ1n) is 6.25. The first kappa shape index (κ1) is 12.6. The topological polar surface area (TPSA) is 16.1 Å². The normalized spacial score (nSPS) is 20.7. The van der Waals surface area contributed by atoms with Crippen LogP contribution in [0, 0.1) is 0 Å². The van der Waals surface area contributed by atoms with Gasteiger partial charge in [-0.1, -0.05) is 24.6 Å². The zero-order chi connectivity index (χ0) is 12.3. The summed E-state index contributed by atoms with van der Waals surface area (Å²) in [5.41, 5.74) is 2.44. The molecule has 2 nitrogen and oxygen atoms in total. The maximum atomic E-state index is 6.24. The summed E-state index contributed by atoms with van der Waals surface area (Å²) in [6.45, 7) is 8.02. The number of pyridine rings is 1. The predicted octanol–water partition coefficient (Wildman–Crippen LogP) is 3.62. The molecule has 0 amide bonds. The van der Waals surface area contributed by atoms with Crippen LogP contribution in [0.4, 0.5) is 0 Å².